The minimum atomic E-state index is -3.55. The Morgan fingerprint density at radius 1 is 0.839 bits per heavy atom. The Bertz CT molecular complexity index is 997. The van der Waals surface area contributed by atoms with Crippen LogP contribution in [0, 0.1) is 19.3 Å². The van der Waals surface area contributed by atoms with Crippen molar-refractivity contribution in [3.8, 4) is 11.5 Å². The summed E-state index contributed by atoms with van der Waals surface area (Å²) in [4.78, 5) is 0. The minimum absolute atomic E-state index is 0.164. The lowest BCUT2D eigenvalue weighted by atomic mass is 9.70. The Kier molecular flexibility index (Phi) is 7.85. The van der Waals surface area contributed by atoms with Gasteiger partial charge in [0.25, 0.3) is 0 Å². The summed E-state index contributed by atoms with van der Waals surface area (Å²) in [5.41, 5.74) is 4.44. The van der Waals surface area contributed by atoms with Crippen LogP contribution >= 0.6 is 0 Å². The van der Waals surface area contributed by atoms with Gasteiger partial charge in [-0.1, -0.05) is 58.9 Å². The van der Waals surface area contributed by atoms with E-state index in [1.54, 1.807) is 6.07 Å². The zero-order chi connectivity index (χ0) is 23.4. The van der Waals surface area contributed by atoms with Gasteiger partial charge in [0.15, 0.2) is 0 Å². The fraction of sp³-hybridized carbons (Fsp3) is 0.538. The van der Waals surface area contributed by atoms with E-state index < -0.39 is 10.1 Å². The first-order valence-corrected chi connectivity index (χ1v) is 12.9. The van der Waals surface area contributed by atoms with Gasteiger partial charge >= 0.3 is 10.1 Å². The average molecular weight is 447 g/mol. The smallest absolute Gasteiger partial charge is 0.306 e. The number of ether oxygens (including phenoxy) is 1. The molecule has 0 aliphatic heterocycles. The van der Waals surface area contributed by atoms with Crippen LogP contribution in [0.1, 0.15) is 76.1 Å². The highest BCUT2D eigenvalue weighted by Crippen LogP contribution is 2.41. The number of hydrogen-bond donors (Lipinski definition) is 0. The van der Waals surface area contributed by atoms with Crippen LogP contribution in [-0.2, 0) is 15.5 Å². The maximum absolute atomic E-state index is 11.5. The summed E-state index contributed by atoms with van der Waals surface area (Å²) in [6, 6.07) is 12.3. The fourth-order valence-electron chi connectivity index (χ4n) is 4.01. The van der Waals surface area contributed by atoms with Crippen molar-refractivity contribution in [2.24, 2.45) is 5.41 Å². The Labute approximate surface area is 189 Å². The number of hydrogen-bond acceptors (Lipinski definition) is 4. The molecule has 0 radical (unpaired) electrons. The first kappa shape index (κ1) is 25.3. The molecule has 2 aromatic rings. The van der Waals surface area contributed by atoms with E-state index in [1.807, 2.05) is 13.0 Å². The van der Waals surface area contributed by atoms with Gasteiger partial charge in [0.05, 0.1) is 12.9 Å². The van der Waals surface area contributed by atoms with Gasteiger partial charge in [0.1, 0.15) is 11.5 Å². The maximum Gasteiger partial charge on any atom is 0.306 e. The molecule has 0 aliphatic rings. The number of benzene rings is 2. The van der Waals surface area contributed by atoms with Crippen LogP contribution in [0.25, 0.3) is 0 Å². The van der Waals surface area contributed by atoms with Crippen LogP contribution in [0.5, 0.6) is 11.5 Å². The third kappa shape index (κ3) is 6.49. The highest BCUT2D eigenvalue weighted by Gasteiger charge is 2.31. The predicted molar refractivity (Wildman–Crippen MR) is 129 cm³/mol. The van der Waals surface area contributed by atoms with E-state index in [1.165, 1.54) is 5.56 Å². The molecule has 0 fully saturated rings. The van der Waals surface area contributed by atoms with Crippen molar-refractivity contribution in [3.63, 3.8) is 0 Å². The Balaban J connectivity index is 2.38. The van der Waals surface area contributed by atoms with Crippen molar-refractivity contribution < 1.29 is 17.3 Å². The van der Waals surface area contributed by atoms with Crippen LogP contribution < -0.4 is 8.92 Å². The fourth-order valence-corrected chi connectivity index (χ4v) is 4.53. The van der Waals surface area contributed by atoms with Crippen LogP contribution in [0.4, 0.5) is 0 Å². The van der Waals surface area contributed by atoms with Gasteiger partial charge < -0.3 is 8.92 Å². The van der Waals surface area contributed by atoms with E-state index in [2.05, 4.69) is 65.8 Å². The Hall–Kier alpha value is -2.01. The van der Waals surface area contributed by atoms with Gasteiger partial charge in [-0.15, -0.1) is 0 Å². The SMILES string of the molecule is CCC(CC)(c1ccc(OCCC(C)(C)C)c(C)c1)c1ccc(OS(C)(=O)=O)c(C)c1. The van der Waals surface area contributed by atoms with Crippen molar-refractivity contribution >= 4 is 10.1 Å². The lowest BCUT2D eigenvalue weighted by Gasteiger charge is -2.34. The molecular weight excluding hydrogens is 408 g/mol. The summed E-state index contributed by atoms with van der Waals surface area (Å²) in [6.07, 6.45) is 3.93. The molecule has 2 rings (SSSR count). The molecule has 4 nitrogen and oxygen atoms in total. The first-order chi connectivity index (χ1) is 14.3. The second kappa shape index (κ2) is 9.64. The molecule has 2 aromatic carbocycles. The zero-order valence-corrected chi connectivity index (χ0v) is 21.2. The molecule has 0 saturated heterocycles. The highest BCUT2D eigenvalue weighted by atomic mass is 32.2. The Morgan fingerprint density at radius 2 is 1.32 bits per heavy atom. The second-order valence-electron chi connectivity index (χ2n) is 9.70. The van der Waals surface area contributed by atoms with Crippen molar-refractivity contribution in [2.75, 3.05) is 12.9 Å². The molecule has 0 aromatic heterocycles. The molecule has 172 valence electrons. The molecule has 0 bridgehead atoms. The average Bonchev–Trinajstić information content (AvgIpc) is 2.65. The molecule has 0 unspecified atom stereocenters. The van der Waals surface area contributed by atoms with Gasteiger partial charge in [-0.05, 0) is 72.9 Å². The summed E-state index contributed by atoms with van der Waals surface area (Å²) in [5, 5.41) is 0. The van der Waals surface area contributed by atoms with Gasteiger partial charge in [-0.25, -0.2) is 0 Å². The quantitative estimate of drug-likeness (QED) is 0.409. The summed E-state index contributed by atoms with van der Waals surface area (Å²) in [5.74, 6) is 1.31. The number of aryl methyl sites for hydroxylation is 2. The minimum Gasteiger partial charge on any atom is -0.493 e. The first-order valence-electron chi connectivity index (χ1n) is 11.1. The third-order valence-corrected chi connectivity index (χ3v) is 6.50. The Morgan fingerprint density at radius 3 is 1.71 bits per heavy atom. The topological polar surface area (TPSA) is 52.6 Å². The van der Waals surface area contributed by atoms with E-state index in [9.17, 15) is 8.42 Å². The summed E-state index contributed by atoms with van der Waals surface area (Å²) in [7, 11) is -3.55. The molecule has 31 heavy (non-hydrogen) atoms. The number of rotatable bonds is 9. The molecule has 0 amide bonds. The van der Waals surface area contributed by atoms with Crippen molar-refractivity contribution in [2.45, 2.75) is 73.1 Å². The molecular formula is C26H38O4S. The molecule has 0 heterocycles. The third-order valence-electron chi connectivity index (χ3n) is 6.01. The van der Waals surface area contributed by atoms with E-state index in [0.717, 1.165) is 48.0 Å². The van der Waals surface area contributed by atoms with Crippen LogP contribution in [0.2, 0.25) is 0 Å². The largest absolute Gasteiger partial charge is 0.493 e. The summed E-state index contributed by atoms with van der Waals surface area (Å²) in [6.45, 7) is 15.7. The normalized spacial score (nSPS) is 12.6. The molecule has 0 saturated carbocycles. The van der Waals surface area contributed by atoms with Crippen LogP contribution in [0.3, 0.4) is 0 Å². The van der Waals surface area contributed by atoms with Crippen molar-refractivity contribution in [1.82, 2.24) is 0 Å². The van der Waals surface area contributed by atoms with Gasteiger partial charge in [0.2, 0.25) is 0 Å². The van der Waals surface area contributed by atoms with Gasteiger partial charge in [-0.2, -0.15) is 8.42 Å². The lowest BCUT2D eigenvalue weighted by Crippen LogP contribution is -2.26. The van der Waals surface area contributed by atoms with E-state index in [4.69, 9.17) is 8.92 Å². The molecule has 0 N–H and O–H groups in total. The van der Waals surface area contributed by atoms with E-state index in [0.29, 0.717) is 12.4 Å². The second-order valence-corrected chi connectivity index (χ2v) is 11.3. The highest BCUT2D eigenvalue weighted by molar-refractivity contribution is 7.86. The van der Waals surface area contributed by atoms with Gasteiger partial charge in [-0.3, -0.25) is 0 Å². The monoisotopic (exact) mass is 446 g/mol. The maximum atomic E-state index is 11.5. The zero-order valence-electron chi connectivity index (χ0n) is 20.3. The van der Waals surface area contributed by atoms with Crippen LogP contribution in [-0.4, -0.2) is 21.3 Å². The molecule has 0 atom stereocenters. The van der Waals surface area contributed by atoms with E-state index in [-0.39, 0.29) is 10.8 Å². The molecule has 5 heteroatoms. The molecule has 0 spiro atoms. The summed E-state index contributed by atoms with van der Waals surface area (Å²) >= 11 is 0. The van der Waals surface area contributed by atoms with Gasteiger partial charge in [0, 0.05) is 5.41 Å². The van der Waals surface area contributed by atoms with Crippen LogP contribution in [0.15, 0.2) is 36.4 Å². The van der Waals surface area contributed by atoms with Crippen molar-refractivity contribution in [3.05, 3.63) is 58.7 Å². The van der Waals surface area contributed by atoms with Crippen molar-refractivity contribution in [1.29, 1.82) is 0 Å². The van der Waals surface area contributed by atoms with E-state index >= 15 is 0 Å². The summed E-state index contributed by atoms with van der Waals surface area (Å²) < 4.78 is 34.3. The lowest BCUT2D eigenvalue weighted by molar-refractivity contribution is 0.242. The predicted octanol–water partition coefficient (Wildman–Crippen LogP) is 6.56. The standard InChI is InChI=1S/C26H38O4S/c1-9-26(10-2,22-12-14-24(20(4)18-22)30-31(8,27)28)21-11-13-23(19(3)17-21)29-16-15-25(5,6)7/h11-14,17-18H,9-10,15-16H2,1-8H3. The molecule has 0 aliphatic carbocycles.